The van der Waals surface area contributed by atoms with Crippen molar-refractivity contribution in [3.63, 3.8) is 0 Å². The van der Waals surface area contributed by atoms with Crippen molar-refractivity contribution < 1.29 is 4.74 Å². The molecule has 16 heavy (non-hydrogen) atoms. The number of ether oxygens (including phenoxy) is 1. The van der Waals surface area contributed by atoms with Gasteiger partial charge in [-0.15, -0.1) is 6.58 Å². The van der Waals surface area contributed by atoms with Crippen LogP contribution in [0.3, 0.4) is 0 Å². The van der Waals surface area contributed by atoms with Gasteiger partial charge in [-0.1, -0.05) is 13.0 Å². The molecule has 0 aromatic rings. The lowest BCUT2D eigenvalue weighted by Gasteiger charge is -2.32. The van der Waals surface area contributed by atoms with Gasteiger partial charge in [0.2, 0.25) is 0 Å². The van der Waals surface area contributed by atoms with Crippen molar-refractivity contribution in [2.45, 2.75) is 32.3 Å². The smallest absolute Gasteiger partial charge is 0.0702 e. The zero-order valence-electron chi connectivity index (χ0n) is 10.6. The van der Waals surface area contributed by atoms with Crippen molar-refractivity contribution in [3.05, 3.63) is 12.7 Å². The van der Waals surface area contributed by atoms with E-state index in [2.05, 4.69) is 23.7 Å². The second-order valence-corrected chi connectivity index (χ2v) is 4.43. The molecule has 1 rings (SSSR count). The third kappa shape index (κ3) is 5.64. The monoisotopic (exact) mass is 226 g/mol. The Kier molecular flexibility index (Phi) is 7.47. The van der Waals surface area contributed by atoms with Crippen LogP contribution in [-0.2, 0) is 4.74 Å². The van der Waals surface area contributed by atoms with E-state index in [0.29, 0.717) is 6.10 Å². The summed E-state index contributed by atoms with van der Waals surface area (Å²) in [5.74, 6) is 0. The number of piperidine rings is 1. The number of nitrogens with zero attached hydrogens (tertiary/aromatic N) is 1. The Hall–Kier alpha value is -0.380. The molecule has 0 spiro atoms. The van der Waals surface area contributed by atoms with E-state index in [1.54, 1.807) is 0 Å². The van der Waals surface area contributed by atoms with Crippen LogP contribution in [0.4, 0.5) is 0 Å². The summed E-state index contributed by atoms with van der Waals surface area (Å²) in [6.45, 7) is 12.2. The first kappa shape index (κ1) is 13.7. The van der Waals surface area contributed by atoms with Crippen LogP contribution in [-0.4, -0.2) is 50.3 Å². The fourth-order valence-corrected chi connectivity index (χ4v) is 2.08. The van der Waals surface area contributed by atoms with Gasteiger partial charge in [0.25, 0.3) is 0 Å². The highest BCUT2D eigenvalue weighted by Gasteiger charge is 2.19. The normalized spacial score (nSPS) is 22.2. The van der Waals surface area contributed by atoms with Crippen LogP contribution >= 0.6 is 0 Å². The van der Waals surface area contributed by atoms with Crippen LogP contribution in [0.2, 0.25) is 0 Å². The van der Waals surface area contributed by atoms with Gasteiger partial charge in [-0.2, -0.15) is 0 Å². The van der Waals surface area contributed by atoms with Crippen LogP contribution in [0, 0.1) is 0 Å². The Bertz CT molecular complexity index is 185. The lowest BCUT2D eigenvalue weighted by Crippen LogP contribution is -2.42. The minimum atomic E-state index is 0.466. The van der Waals surface area contributed by atoms with E-state index in [9.17, 15) is 0 Å². The van der Waals surface area contributed by atoms with Gasteiger partial charge in [0.05, 0.1) is 6.10 Å². The summed E-state index contributed by atoms with van der Waals surface area (Å²) in [6, 6.07) is 0. The van der Waals surface area contributed by atoms with Crippen LogP contribution in [0.25, 0.3) is 0 Å². The van der Waals surface area contributed by atoms with Crippen molar-refractivity contribution in [1.82, 2.24) is 10.2 Å². The molecule has 1 aliphatic heterocycles. The minimum absolute atomic E-state index is 0.466. The highest BCUT2D eigenvalue weighted by Crippen LogP contribution is 2.12. The topological polar surface area (TPSA) is 24.5 Å². The molecule has 0 aromatic heterocycles. The van der Waals surface area contributed by atoms with E-state index in [4.69, 9.17) is 4.74 Å². The second kappa shape index (κ2) is 8.74. The highest BCUT2D eigenvalue weighted by molar-refractivity contribution is 4.75. The fraction of sp³-hybridized carbons (Fsp3) is 0.846. The quantitative estimate of drug-likeness (QED) is 0.503. The predicted octanol–water partition coefficient (Wildman–Crippen LogP) is 1.65. The maximum absolute atomic E-state index is 5.81. The van der Waals surface area contributed by atoms with Crippen molar-refractivity contribution in [2.24, 2.45) is 0 Å². The molecule has 0 amide bonds. The molecule has 1 unspecified atom stereocenters. The van der Waals surface area contributed by atoms with Crippen molar-refractivity contribution in [3.8, 4) is 0 Å². The second-order valence-electron chi connectivity index (χ2n) is 4.43. The van der Waals surface area contributed by atoms with E-state index in [1.807, 2.05) is 6.08 Å². The average Bonchev–Trinajstić information content (AvgIpc) is 2.33. The number of hydrogen-bond acceptors (Lipinski definition) is 3. The molecule has 1 atom stereocenters. The molecular formula is C13H26N2O. The molecule has 1 aliphatic rings. The van der Waals surface area contributed by atoms with Crippen molar-refractivity contribution >= 4 is 0 Å². The minimum Gasteiger partial charge on any atom is -0.377 e. The summed E-state index contributed by atoms with van der Waals surface area (Å²) in [5.41, 5.74) is 0. The highest BCUT2D eigenvalue weighted by atomic mass is 16.5. The van der Waals surface area contributed by atoms with Gasteiger partial charge < -0.3 is 10.1 Å². The van der Waals surface area contributed by atoms with E-state index in [1.165, 1.54) is 19.4 Å². The number of nitrogens with one attached hydrogen (secondary N) is 1. The molecule has 3 nitrogen and oxygen atoms in total. The Morgan fingerprint density at radius 2 is 2.44 bits per heavy atom. The van der Waals surface area contributed by atoms with Crippen LogP contribution in [0.1, 0.15) is 26.2 Å². The van der Waals surface area contributed by atoms with E-state index in [0.717, 1.165) is 39.2 Å². The third-order valence-corrected chi connectivity index (χ3v) is 2.91. The van der Waals surface area contributed by atoms with Crippen molar-refractivity contribution in [1.29, 1.82) is 0 Å². The van der Waals surface area contributed by atoms with Crippen LogP contribution in [0.5, 0.6) is 0 Å². The average molecular weight is 226 g/mol. The predicted molar refractivity (Wildman–Crippen MR) is 68.8 cm³/mol. The lowest BCUT2D eigenvalue weighted by molar-refractivity contribution is 0.000424. The standard InChI is InChI=1S/C13H26N2O/c1-3-7-14-8-10-15-9-5-6-13(12-15)16-11-4-2/h3,13-14H,1,4-12H2,2H3. The zero-order chi connectivity index (χ0) is 11.6. The summed E-state index contributed by atoms with van der Waals surface area (Å²) in [5, 5.41) is 3.34. The SMILES string of the molecule is C=CCNCCN1CCCC(OCCC)C1. The number of hydrogen-bond donors (Lipinski definition) is 1. The van der Waals surface area contributed by atoms with E-state index >= 15 is 0 Å². The summed E-state index contributed by atoms with van der Waals surface area (Å²) < 4.78 is 5.81. The third-order valence-electron chi connectivity index (χ3n) is 2.91. The van der Waals surface area contributed by atoms with Gasteiger partial charge >= 0.3 is 0 Å². The summed E-state index contributed by atoms with van der Waals surface area (Å²) in [4.78, 5) is 2.50. The molecule has 1 fully saturated rings. The molecule has 3 heteroatoms. The maximum Gasteiger partial charge on any atom is 0.0702 e. The fourth-order valence-electron chi connectivity index (χ4n) is 2.08. The van der Waals surface area contributed by atoms with Gasteiger partial charge in [0, 0.05) is 32.8 Å². The molecule has 94 valence electrons. The van der Waals surface area contributed by atoms with Gasteiger partial charge in [0.15, 0.2) is 0 Å². The van der Waals surface area contributed by atoms with Crippen molar-refractivity contribution in [2.75, 3.05) is 39.3 Å². The molecule has 0 aliphatic carbocycles. The van der Waals surface area contributed by atoms with Gasteiger partial charge in [-0.3, -0.25) is 4.90 Å². The molecule has 1 N–H and O–H groups in total. The largest absolute Gasteiger partial charge is 0.377 e. The first-order valence-electron chi connectivity index (χ1n) is 6.52. The van der Waals surface area contributed by atoms with E-state index < -0.39 is 0 Å². The Morgan fingerprint density at radius 1 is 1.56 bits per heavy atom. The molecule has 0 bridgehead atoms. The first-order valence-corrected chi connectivity index (χ1v) is 6.52. The molecule has 0 saturated carbocycles. The molecule has 1 heterocycles. The van der Waals surface area contributed by atoms with Gasteiger partial charge in [-0.25, -0.2) is 0 Å². The first-order chi connectivity index (χ1) is 7.86. The molecular weight excluding hydrogens is 200 g/mol. The van der Waals surface area contributed by atoms with Crippen LogP contribution < -0.4 is 5.32 Å². The Morgan fingerprint density at radius 3 is 3.19 bits per heavy atom. The molecule has 1 saturated heterocycles. The van der Waals surface area contributed by atoms with E-state index in [-0.39, 0.29) is 0 Å². The summed E-state index contributed by atoms with van der Waals surface area (Å²) in [6.07, 6.45) is 6.00. The van der Waals surface area contributed by atoms with Gasteiger partial charge in [-0.05, 0) is 25.8 Å². The number of likely N-dealkylation sites (tertiary alicyclic amines) is 1. The lowest BCUT2D eigenvalue weighted by atomic mass is 10.1. The maximum atomic E-state index is 5.81. The Balaban J connectivity index is 2.09. The van der Waals surface area contributed by atoms with Gasteiger partial charge in [0.1, 0.15) is 0 Å². The molecule has 0 radical (unpaired) electrons. The molecule has 0 aromatic carbocycles. The zero-order valence-corrected chi connectivity index (χ0v) is 10.6. The Labute approximate surface area is 99.8 Å². The summed E-state index contributed by atoms with van der Waals surface area (Å²) >= 11 is 0. The number of rotatable bonds is 8. The summed E-state index contributed by atoms with van der Waals surface area (Å²) in [7, 11) is 0. The van der Waals surface area contributed by atoms with Crippen LogP contribution in [0.15, 0.2) is 12.7 Å².